The first kappa shape index (κ1) is 23.6. The summed E-state index contributed by atoms with van der Waals surface area (Å²) in [7, 11) is -1.79. The summed E-state index contributed by atoms with van der Waals surface area (Å²) >= 11 is 0. The summed E-state index contributed by atoms with van der Waals surface area (Å²) in [5.74, 6) is 2.36. The van der Waals surface area contributed by atoms with E-state index in [9.17, 15) is 8.42 Å². The van der Waals surface area contributed by atoms with Crippen molar-refractivity contribution in [2.75, 3.05) is 30.8 Å². The molecule has 0 bridgehead atoms. The van der Waals surface area contributed by atoms with Gasteiger partial charge in [0.15, 0.2) is 5.82 Å². The van der Waals surface area contributed by atoms with Gasteiger partial charge in [-0.1, -0.05) is 0 Å². The molecule has 0 saturated carbocycles. The Balaban J connectivity index is 1.10. The fourth-order valence-corrected chi connectivity index (χ4v) is 9.32. The molecule has 38 heavy (non-hydrogen) atoms. The van der Waals surface area contributed by atoms with Crippen molar-refractivity contribution in [3.05, 3.63) is 30.0 Å². The van der Waals surface area contributed by atoms with Crippen molar-refractivity contribution in [3.63, 3.8) is 0 Å². The van der Waals surface area contributed by atoms with Crippen molar-refractivity contribution < 1.29 is 13.2 Å². The number of hydrogen-bond donors (Lipinski definition) is 3. The number of nitriles is 1. The number of H-pyrrole nitrogens is 1. The molecule has 0 spiro atoms. The minimum atomic E-state index is -3.42. The van der Waals surface area contributed by atoms with Crippen LogP contribution >= 0.6 is 0 Å². The van der Waals surface area contributed by atoms with E-state index in [1.807, 2.05) is 31.2 Å². The molecule has 0 radical (unpaired) electrons. The van der Waals surface area contributed by atoms with E-state index in [2.05, 4.69) is 31.8 Å². The summed E-state index contributed by atoms with van der Waals surface area (Å²) in [6, 6.07) is 10.3. The average Bonchev–Trinajstić information content (AvgIpc) is 3.23. The Bertz CT molecular complexity index is 1560. The number of sulfonamides is 1. The molecule has 12 nitrogen and oxygen atoms in total. The zero-order chi connectivity index (χ0) is 26.2. The van der Waals surface area contributed by atoms with Crippen molar-refractivity contribution in [2.45, 2.75) is 55.6 Å². The zero-order valence-corrected chi connectivity index (χ0v) is 22.0. The molecule has 2 aromatic heterocycles. The molecule has 13 heteroatoms. The van der Waals surface area contributed by atoms with Crippen LogP contribution in [-0.4, -0.2) is 81.0 Å². The Morgan fingerprint density at radius 1 is 1.18 bits per heavy atom. The maximum Gasteiger partial charge on any atom is 0.233 e. The number of nitrogens with zero attached hydrogens (tertiary/aromatic N) is 6. The third-order valence-corrected chi connectivity index (χ3v) is 11.0. The molecule has 3 aromatic rings. The van der Waals surface area contributed by atoms with Crippen molar-refractivity contribution in [1.82, 2.24) is 29.4 Å². The number of hydrogen-bond acceptors (Lipinski definition) is 10. The van der Waals surface area contributed by atoms with Gasteiger partial charge in [-0.3, -0.25) is 10.00 Å². The van der Waals surface area contributed by atoms with Gasteiger partial charge in [-0.05, 0) is 44.7 Å². The SMILES string of the molecule is COc1ccc2c(Nc3cc(C)[nH]n3)nc(N[C@H]3C[C@@H]4CC5(S(=O)(=O)N6CC(C#N)C6)C[C@H](C3)N45)nc2c1. The van der Waals surface area contributed by atoms with Crippen molar-refractivity contribution in [3.8, 4) is 11.8 Å². The van der Waals surface area contributed by atoms with Crippen LogP contribution in [0.25, 0.3) is 10.9 Å². The lowest BCUT2D eigenvalue weighted by atomic mass is 9.68. The first-order chi connectivity index (χ1) is 18.3. The van der Waals surface area contributed by atoms with Gasteiger partial charge in [0.1, 0.15) is 16.4 Å². The van der Waals surface area contributed by atoms with Gasteiger partial charge in [0.2, 0.25) is 16.0 Å². The maximum atomic E-state index is 13.3. The largest absolute Gasteiger partial charge is 0.497 e. The van der Waals surface area contributed by atoms with Crippen molar-refractivity contribution in [2.24, 2.45) is 5.92 Å². The number of anilines is 3. The smallest absolute Gasteiger partial charge is 0.233 e. The second-order valence-electron chi connectivity index (χ2n) is 10.9. The van der Waals surface area contributed by atoms with Gasteiger partial charge in [0.25, 0.3) is 0 Å². The molecule has 7 rings (SSSR count). The molecule has 1 unspecified atom stereocenters. The molecule has 4 saturated heterocycles. The minimum absolute atomic E-state index is 0.137. The van der Waals surface area contributed by atoms with Crippen molar-refractivity contribution in [1.29, 1.82) is 5.26 Å². The van der Waals surface area contributed by atoms with Crippen LogP contribution in [0.2, 0.25) is 0 Å². The standard InChI is InChI=1S/C25H29N9O3S/c1-14-5-22(32-31-14)29-23-20-4-3-19(37-2)8-21(20)28-24(30-23)27-16-6-17-9-25(10-18(7-16)34(17)25)38(35,36)33-12-15(11-26)13-33/h3-5,8,15-18H,6-7,9-10,12-13H2,1-2H3,(H3,27,28,29,30,31,32)/t16-,17+,18-,25?. The van der Waals surface area contributed by atoms with Gasteiger partial charge in [-0.15, -0.1) is 0 Å². The van der Waals surface area contributed by atoms with Gasteiger partial charge in [-0.25, -0.2) is 13.4 Å². The highest BCUT2D eigenvalue weighted by Crippen LogP contribution is 2.60. The first-order valence-corrected chi connectivity index (χ1v) is 14.3. The average molecular weight is 536 g/mol. The second kappa shape index (κ2) is 8.26. The highest BCUT2D eigenvalue weighted by atomic mass is 32.2. The Labute approximate surface area is 220 Å². The Kier molecular flexibility index (Phi) is 5.14. The molecule has 0 amide bonds. The lowest BCUT2D eigenvalue weighted by molar-refractivity contribution is -0.176. The van der Waals surface area contributed by atoms with Gasteiger partial charge >= 0.3 is 0 Å². The van der Waals surface area contributed by atoms with Gasteiger partial charge in [0, 0.05) is 54.4 Å². The Morgan fingerprint density at radius 3 is 2.61 bits per heavy atom. The molecule has 6 heterocycles. The molecular formula is C25H29N9O3S. The molecule has 4 fully saturated rings. The molecule has 4 aliphatic rings. The first-order valence-electron chi connectivity index (χ1n) is 12.9. The fourth-order valence-electron chi connectivity index (χ4n) is 6.71. The summed E-state index contributed by atoms with van der Waals surface area (Å²) < 4.78 is 33.6. The third kappa shape index (κ3) is 3.40. The third-order valence-electron chi connectivity index (χ3n) is 8.52. The normalized spacial score (nSPS) is 28.9. The highest BCUT2D eigenvalue weighted by Gasteiger charge is 2.73. The minimum Gasteiger partial charge on any atom is -0.497 e. The van der Waals surface area contributed by atoms with Crippen LogP contribution in [0, 0.1) is 24.2 Å². The van der Waals surface area contributed by atoms with E-state index >= 15 is 0 Å². The molecule has 1 aromatic carbocycles. The summed E-state index contributed by atoms with van der Waals surface area (Å²) in [5, 5.41) is 24.0. The summed E-state index contributed by atoms with van der Waals surface area (Å²) in [6.07, 6.45) is 2.93. The summed E-state index contributed by atoms with van der Waals surface area (Å²) in [6.45, 7) is 2.59. The molecule has 198 valence electrons. The van der Waals surface area contributed by atoms with Crippen molar-refractivity contribution >= 4 is 38.5 Å². The van der Waals surface area contributed by atoms with Crippen LogP contribution in [0.1, 0.15) is 31.4 Å². The maximum absolute atomic E-state index is 13.3. The molecule has 4 atom stereocenters. The van der Waals surface area contributed by atoms with E-state index in [-0.39, 0.29) is 24.0 Å². The number of ether oxygens (including phenoxy) is 1. The predicted molar refractivity (Wildman–Crippen MR) is 140 cm³/mol. The lowest BCUT2D eigenvalue weighted by Gasteiger charge is -2.72. The second-order valence-corrected chi connectivity index (χ2v) is 13.1. The number of aryl methyl sites for hydroxylation is 1. The van der Waals surface area contributed by atoms with E-state index < -0.39 is 14.9 Å². The number of aromatic nitrogens is 4. The van der Waals surface area contributed by atoms with Crippen LogP contribution in [-0.2, 0) is 10.0 Å². The zero-order valence-electron chi connectivity index (χ0n) is 21.2. The summed E-state index contributed by atoms with van der Waals surface area (Å²) in [4.78, 5) is 11.0. The number of nitrogens with one attached hydrogen (secondary N) is 3. The van der Waals surface area contributed by atoms with Gasteiger partial charge in [0.05, 0.1) is 24.6 Å². The van der Waals surface area contributed by atoms with Crippen LogP contribution in [0.5, 0.6) is 5.75 Å². The number of rotatable bonds is 7. The van der Waals surface area contributed by atoms with Crippen LogP contribution in [0.15, 0.2) is 24.3 Å². The number of aromatic amines is 1. The molecule has 0 aliphatic carbocycles. The number of benzene rings is 1. The number of piperidine rings is 2. The number of methoxy groups -OCH3 is 1. The number of fused-ring (bicyclic) bond motifs is 1. The highest BCUT2D eigenvalue weighted by molar-refractivity contribution is 7.90. The van der Waals surface area contributed by atoms with E-state index in [0.29, 0.717) is 49.3 Å². The van der Waals surface area contributed by atoms with Gasteiger partial charge < -0.3 is 15.4 Å². The summed E-state index contributed by atoms with van der Waals surface area (Å²) in [5.41, 5.74) is 1.69. The Morgan fingerprint density at radius 2 is 1.95 bits per heavy atom. The van der Waals surface area contributed by atoms with Crippen LogP contribution in [0.4, 0.5) is 17.6 Å². The molecular weight excluding hydrogens is 506 g/mol. The van der Waals surface area contributed by atoms with E-state index in [1.165, 1.54) is 4.31 Å². The van der Waals surface area contributed by atoms with Crippen LogP contribution in [0.3, 0.4) is 0 Å². The lowest BCUT2D eigenvalue weighted by Crippen LogP contribution is -2.85. The van der Waals surface area contributed by atoms with Gasteiger partial charge in [-0.2, -0.15) is 19.6 Å². The van der Waals surface area contributed by atoms with E-state index in [1.54, 1.807) is 7.11 Å². The monoisotopic (exact) mass is 535 g/mol. The predicted octanol–water partition coefficient (Wildman–Crippen LogP) is 2.32. The quantitative estimate of drug-likeness (QED) is 0.411. The Hall–Kier alpha value is -3.47. The van der Waals surface area contributed by atoms with E-state index in [4.69, 9.17) is 20.0 Å². The molecule has 4 aliphatic heterocycles. The van der Waals surface area contributed by atoms with Crippen LogP contribution < -0.4 is 15.4 Å². The fraction of sp³-hybridized carbons (Fsp3) is 0.520. The van der Waals surface area contributed by atoms with E-state index in [0.717, 1.165) is 29.4 Å². The topological polar surface area (TPSA) is 152 Å². The molecule has 3 N–H and O–H groups in total.